The monoisotopic (exact) mass is 253 g/mol. The topological polar surface area (TPSA) is 76.2 Å². The van der Waals surface area contributed by atoms with E-state index < -0.39 is 0 Å². The van der Waals surface area contributed by atoms with Crippen LogP contribution in [0.1, 0.15) is 19.5 Å². The number of nitrogens with one attached hydrogen (secondary N) is 1. The molecule has 1 aliphatic rings. The highest BCUT2D eigenvalue weighted by Crippen LogP contribution is 2.35. The van der Waals surface area contributed by atoms with Crippen molar-refractivity contribution in [2.24, 2.45) is 7.05 Å². The normalized spacial score (nSPS) is 19.0. The zero-order valence-electron chi connectivity index (χ0n) is 11.2. The molecule has 18 heavy (non-hydrogen) atoms. The van der Waals surface area contributed by atoms with E-state index in [2.05, 4.69) is 29.2 Å². The molecule has 0 radical (unpaired) electrons. The molecule has 0 unspecified atom stereocenters. The predicted molar refractivity (Wildman–Crippen MR) is 68.9 cm³/mol. The Morgan fingerprint density at radius 2 is 2.17 bits per heavy atom. The van der Waals surface area contributed by atoms with Crippen LogP contribution in [0.4, 0.5) is 11.5 Å². The smallest absolute Gasteiger partial charge is 0.333 e. The molecule has 2 rings (SSSR count). The van der Waals surface area contributed by atoms with Crippen molar-refractivity contribution in [3.8, 4) is 0 Å². The molecule has 1 N–H and O–H groups in total. The van der Waals surface area contributed by atoms with Crippen LogP contribution in [0.5, 0.6) is 0 Å². The van der Waals surface area contributed by atoms with Crippen molar-refractivity contribution in [1.29, 1.82) is 0 Å². The molecule has 0 atom stereocenters. The maximum atomic E-state index is 11.2. The van der Waals surface area contributed by atoms with E-state index >= 15 is 0 Å². The van der Waals surface area contributed by atoms with Gasteiger partial charge in [-0.3, -0.25) is 10.1 Å². The number of hydrogen-bond acceptors (Lipinski definition) is 5. The van der Waals surface area contributed by atoms with Gasteiger partial charge in [0.25, 0.3) is 0 Å². The molecular formula is C11H19N5O2. The lowest BCUT2D eigenvalue weighted by atomic mass is 10.00. The van der Waals surface area contributed by atoms with Gasteiger partial charge in [0.2, 0.25) is 5.82 Å². The Morgan fingerprint density at radius 1 is 1.50 bits per heavy atom. The number of piperazine rings is 1. The summed E-state index contributed by atoms with van der Waals surface area (Å²) in [6, 6.07) is 0. The lowest BCUT2D eigenvalue weighted by molar-refractivity contribution is -0.384. The minimum absolute atomic E-state index is 0.118. The van der Waals surface area contributed by atoms with Gasteiger partial charge in [-0.05, 0) is 20.8 Å². The van der Waals surface area contributed by atoms with E-state index in [0.29, 0.717) is 11.5 Å². The summed E-state index contributed by atoms with van der Waals surface area (Å²) in [5, 5.41) is 18.7. The van der Waals surface area contributed by atoms with Crippen molar-refractivity contribution in [3.63, 3.8) is 0 Å². The molecule has 0 aliphatic carbocycles. The van der Waals surface area contributed by atoms with Crippen LogP contribution in [0.3, 0.4) is 0 Å². The molecule has 0 spiro atoms. The van der Waals surface area contributed by atoms with Crippen LogP contribution in [-0.2, 0) is 7.05 Å². The fourth-order valence-corrected chi connectivity index (χ4v) is 2.53. The number of nitrogens with zero attached hydrogens (tertiary/aromatic N) is 4. The lowest BCUT2D eigenvalue weighted by Crippen LogP contribution is -2.58. The van der Waals surface area contributed by atoms with Gasteiger partial charge in [-0.15, -0.1) is 0 Å². The number of anilines is 1. The van der Waals surface area contributed by atoms with Crippen LogP contribution in [0.15, 0.2) is 0 Å². The fraction of sp³-hybridized carbons (Fsp3) is 0.727. The SMILES string of the molecule is Cc1nn(C)c(N2CCNCC2(C)C)c1[N+](=O)[O-]. The Kier molecular flexibility index (Phi) is 3.02. The van der Waals surface area contributed by atoms with Gasteiger partial charge in [0.1, 0.15) is 5.69 Å². The minimum atomic E-state index is -0.338. The highest BCUT2D eigenvalue weighted by atomic mass is 16.6. The first-order chi connectivity index (χ1) is 8.34. The molecule has 1 fully saturated rings. The fourth-order valence-electron chi connectivity index (χ4n) is 2.53. The summed E-state index contributed by atoms with van der Waals surface area (Å²) in [5.41, 5.74) is 0.419. The van der Waals surface area contributed by atoms with Gasteiger partial charge in [0.15, 0.2) is 0 Å². The van der Waals surface area contributed by atoms with Crippen molar-refractivity contribution in [2.45, 2.75) is 26.3 Å². The Bertz CT molecular complexity index is 480. The number of rotatable bonds is 2. The molecule has 0 aromatic carbocycles. The van der Waals surface area contributed by atoms with Crippen molar-refractivity contribution < 1.29 is 4.92 Å². The molecule has 1 saturated heterocycles. The van der Waals surface area contributed by atoms with E-state index in [9.17, 15) is 10.1 Å². The minimum Gasteiger partial charge on any atom is -0.343 e. The molecule has 7 heteroatoms. The first kappa shape index (κ1) is 12.8. The molecule has 0 saturated carbocycles. The van der Waals surface area contributed by atoms with E-state index in [0.717, 1.165) is 19.6 Å². The van der Waals surface area contributed by atoms with Crippen LogP contribution >= 0.6 is 0 Å². The van der Waals surface area contributed by atoms with Crippen LogP contribution in [0.2, 0.25) is 0 Å². The zero-order valence-corrected chi connectivity index (χ0v) is 11.2. The molecular weight excluding hydrogens is 234 g/mol. The van der Waals surface area contributed by atoms with Gasteiger partial charge < -0.3 is 10.2 Å². The first-order valence-corrected chi connectivity index (χ1v) is 6.01. The summed E-state index contributed by atoms with van der Waals surface area (Å²) in [6.45, 7) is 8.19. The predicted octanol–water partition coefficient (Wildman–Crippen LogP) is 0.825. The number of aryl methyl sites for hydroxylation is 2. The summed E-state index contributed by atoms with van der Waals surface area (Å²) >= 11 is 0. The summed E-state index contributed by atoms with van der Waals surface area (Å²) in [6.07, 6.45) is 0. The molecule has 100 valence electrons. The lowest BCUT2D eigenvalue weighted by Gasteiger charge is -2.43. The van der Waals surface area contributed by atoms with Crippen LogP contribution in [-0.4, -0.2) is 39.9 Å². The highest BCUT2D eigenvalue weighted by molar-refractivity contribution is 5.63. The summed E-state index contributed by atoms with van der Waals surface area (Å²) in [5.74, 6) is 0.601. The zero-order chi connectivity index (χ0) is 13.5. The molecule has 0 bridgehead atoms. The molecule has 2 heterocycles. The van der Waals surface area contributed by atoms with E-state index in [4.69, 9.17) is 0 Å². The van der Waals surface area contributed by atoms with Gasteiger partial charge >= 0.3 is 5.69 Å². The quantitative estimate of drug-likeness (QED) is 0.624. The van der Waals surface area contributed by atoms with Gasteiger partial charge in [-0.2, -0.15) is 5.10 Å². The Balaban J connectivity index is 2.53. The van der Waals surface area contributed by atoms with Gasteiger partial charge in [0, 0.05) is 32.2 Å². The third-order valence-electron chi connectivity index (χ3n) is 3.40. The largest absolute Gasteiger partial charge is 0.343 e. The Morgan fingerprint density at radius 3 is 2.72 bits per heavy atom. The van der Waals surface area contributed by atoms with Crippen molar-refractivity contribution in [1.82, 2.24) is 15.1 Å². The van der Waals surface area contributed by atoms with E-state index in [-0.39, 0.29) is 16.1 Å². The number of nitro groups is 1. The Labute approximate surface area is 106 Å². The molecule has 7 nitrogen and oxygen atoms in total. The summed E-state index contributed by atoms with van der Waals surface area (Å²) < 4.78 is 1.61. The van der Waals surface area contributed by atoms with Crippen molar-refractivity contribution in [3.05, 3.63) is 15.8 Å². The number of aromatic nitrogens is 2. The molecule has 1 aliphatic heterocycles. The van der Waals surface area contributed by atoms with Crippen molar-refractivity contribution >= 4 is 11.5 Å². The third-order valence-corrected chi connectivity index (χ3v) is 3.40. The standard InChI is InChI=1S/C11H19N5O2/c1-8-9(16(17)18)10(14(4)13-8)15-6-5-12-7-11(15,2)3/h12H,5-7H2,1-4H3. The van der Waals surface area contributed by atoms with E-state index in [1.54, 1.807) is 18.7 Å². The Hall–Kier alpha value is -1.63. The van der Waals surface area contributed by atoms with E-state index in [1.807, 2.05) is 0 Å². The molecule has 1 aromatic rings. The first-order valence-electron chi connectivity index (χ1n) is 6.01. The van der Waals surface area contributed by atoms with Crippen LogP contribution < -0.4 is 10.2 Å². The number of hydrogen-bond donors (Lipinski definition) is 1. The van der Waals surface area contributed by atoms with Gasteiger partial charge in [0.05, 0.1) is 4.92 Å². The third kappa shape index (κ3) is 1.94. The average molecular weight is 253 g/mol. The van der Waals surface area contributed by atoms with Crippen LogP contribution in [0, 0.1) is 17.0 Å². The second-order valence-electron chi connectivity index (χ2n) is 5.28. The van der Waals surface area contributed by atoms with Crippen LogP contribution in [0.25, 0.3) is 0 Å². The van der Waals surface area contributed by atoms with Crippen molar-refractivity contribution in [2.75, 3.05) is 24.5 Å². The molecule has 1 aromatic heterocycles. The van der Waals surface area contributed by atoms with Gasteiger partial charge in [-0.1, -0.05) is 0 Å². The average Bonchev–Trinajstić information content (AvgIpc) is 2.53. The molecule has 0 amide bonds. The van der Waals surface area contributed by atoms with E-state index in [1.165, 1.54) is 0 Å². The summed E-state index contributed by atoms with van der Waals surface area (Å²) in [4.78, 5) is 13.0. The maximum absolute atomic E-state index is 11.2. The highest BCUT2D eigenvalue weighted by Gasteiger charge is 2.37. The maximum Gasteiger partial charge on any atom is 0.333 e. The second kappa shape index (κ2) is 4.24. The second-order valence-corrected chi connectivity index (χ2v) is 5.28. The summed E-state index contributed by atoms with van der Waals surface area (Å²) in [7, 11) is 1.76. The van der Waals surface area contributed by atoms with Gasteiger partial charge in [-0.25, -0.2) is 4.68 Å².